The van der Waals surface area contributed by atoms with Gasteiger partial charge in [-0.1, -0.05) is 33.6 Å². The lowest BCUT2D eigenvalue weighted by molar-refractivity contribution is 0.155. The van der Waals surface area contributed by atoms with E-state index in [0.29, 0.717) is 11.5 Å². The van der Waals surface area contributed by atoms with Crippen molar-refractivity contribution in [2.24, 2.45) is 11.3 Å². The first-order valence-corrected chi connectivity index (χ1v) is 7.91. The lowest BCUT2D eigenvalue weighted by atomic mass is 9.71. The van der Waals surface area contributed by atoms with Crippen LogP contribution in [0.3, 0.4) is 0 Å². The number of hydrogen-bond donors (Lipinski definition) is 1. The third kappa shape index (κ3) is 3.62. The smallest absolute Gasteiger partial charge is 0.0935 e. The number of hydrogen-bond acceptors (Lipinski definition) is 2. The van der Waals surface area contributed by atoms with Crippen molar-refractivity contribution in [3.63, 3.8) is 0 Å². The summed E-state index contributed by atoms with van der Waals surface area (Å²) < 4.78 is 5.24. The fraction of sp³-hybridized carbons (Fsp3) is 0.765. The Kier molecular flexibility index (Phi) is 5.09. The first kappa shape index (κ1) is 14.6. The molecule has 1 aliphatic carbocycles. The van der Waals surface area contributed by atoms with E-state index >= 15 is 0 Å². The van der Waals surface area contributed by atoms with E-state index in [1.54, 1.807) is 6.26 Å². The van der Waals surface area contributed by atoms with E-state index < -0.39 is 0 Å². The van der Waals surface area contributed by atoms with Gasteiger partial charge in [-0.2, -0.15) is 0 Å². The normalized spacial score (nSPS) is 20.0. The molecule has 1 saturated carbocycles. The topological polar surface area (TPSA) is 25.2 Å². The second kappa shape index (κ2) is 6.60. The van der Waals surface area contributed by atoms with Crippen molar-refractivity contribution in [2.45, 2.75) is 65.3 Å². The molecular formula is C17H29NO. The molecule has 0 radical (unpaired) electrons. The molecule has 1 heterocycles. The Morgan fingerprint density at radius 3 is 2.58 bits per heavy atom. The Labute approximate surface area is 118 Å². The maximum atomic E-state index is 5.24. The van der Waals surface area contributed by atoms with Crippen LogP contribution in [0.2, 0.25) is 0 Å². The lowest BCUT2D eigenvalue weighted by Crippen LogP contribution is -2.46. The van der Waals surface area contributed by atoms with Crippen LogP contribution in [0.15, 0.2) is 23.0 Å². The molecule has 2 heteroatoms. The van der Waals surface area contributed by atoms with Gasteiger partial charge in [-0.15, -0.1) is 0 Å². The molecule has 1 N–H and O–H groups in total. The average molecular weight is 263 g/mol. The molecule has 1 unspecified atom stereocenters. The lowest BCUT2D eigenvalue weighted by Gasteiger charge is -2.39. The SMILES string of the molecule is CCNC(Cc1ccoc1)C1(CC(C)C)CCCC1. The minimum absolute atomic E-state index is 0.501. The summed E-state index contributed by atoms with van der Waals surface area (Å²) in [5, 5.41) is 3.77. The Morgan fingerprint density at radius 1 is 1.32 bits per heavy atom. The van der Waals surface area contributed by atoms with Crippen LogP contribution in [0.1, 0.15) is 58.4 Å². The first-order valence-electron chi connectivity index (χ1n) is 7.91. The van der Waals surface area contributed by atoms with Crippen molar-refractivity contribution >= 4 is 0 Å². The Bertz CT molecular complexity index is 349. The highest BCUT2D eigenvalue weighted by molar-refractivity contribution is 5.10. The Hall–Kier alpha value is -0.760. The summed E-state index contributed by atoms with van der Waals surface area (Å²) in [4.78, 5) is 0. The van der Waals surface area contributed by atoms with Crippen molar-refractivity contribution in [3.05, 3.63) is 24.2 Å². The van der Waals surface area contributed by atoms with Gasteiger partial charge in [0.1, 0.15) is 0 Å². The monoisotopic (exact) mass is 263 g/mol. The van der Waals surface area contributed by atoms with Gasteiger partial charge in [-0.05, 0) is 55.2 Å². The molecule has 1 fully saturated rings. The fourth-order valence-corrected chi connectivity index (χ4v) is 3.98. The van der Waals surface area contributed by atoms with Crippen LogP contribution in [-0.2, 0) is 6.42 Å². The molecule has 0 aromatic carbocycles. The van der Waals surface area contributed by atoms with Crippen LogP contribution in [0.25, 0.3) is 0 Å². The molecule has 1 aromatic rings. The average Bonchev–Trinajstić information content (AvgIpc) is 2.99. The third-order valence-electron chi connectivity index (χ3n) is 4.62. The molecule has 0 amide bonds. The quantitative estimate of drug-likeness (QED) is 0.788. The van der Waals surface area contributed by atoms with Gasteiger partial charge < -0.3 is 9.73 Å². The second-order valence-electron chi connectivity index (χ2n) is 6.61. The maximum Gasteiger partial charge on any atom is 0.0935 e. The highest BCUT2D eigenvalue weighted by Gasteiger charge is 2.41. The molecule has 2 rings (SSSR count). The standard InChI is InChI=1S/C17H29NO/c1-4-18-16(11-15-7-10-19-13-15)17(12-14(2)3)8-5-6-9-17/h7,10,13-14,16,18H,4-6,8-9,11-12H2,1-3H3. The zero-order chi connectivity index (χ0) is 13.7. The van der Waals surface area contributed by atoms with E-state index in [1.165, 1.54) is 37.7 Å². The van der Waals surface area contributed by atoms with Gasteiger partial charge in [0.15, 0.2) is 0 Å². The summed E-state index contributed by atoms with van der Waals surface area (Å²) in [6.45, 7) is 8.00. The van der Waals surface area contributed by atoms with Crippen molar-refractivity contribution in [1.29, 1.82) is 0 Å². The number of rotatable bonds is 7. The van der Waals surface area contributed by atoms with E-state index in [-0.39, 0.29) is 0 Å². The van der Waals surface area contributed by atoms with Gasteiger partial charge in [-0.25, -0.2) is 0 Å². The van der Waals surface area contributed by atoms with Gasteiger partial charge in [-0.3, -0.25) is 0 Å². The summed E-state index contributed by atoms with van der Waals surface area (Å²) in [7, 11) is 0. The van der Waals surface area contributed by atoms with Crippen LogP contribution in [0.4, 0.5) is 0 Å². The molecule has 0 spiro atoms. The fourth-order valence-electron chi connectivity index (χ4n) is 3.98. The highest BCUT2D eigenvalue weighted by Crippen LogP contribution is 2.46. The summed E-state index contributed by atoms with van der Waals surface area (Å²) in [5.41, 5.74) is 1.84. The number of nitrogens with one attached hydrogen (secondary N) is 1. The number of furan rings is 1. The molecule has 1 aromatic heterocycles. The van der Waals surface area contributed by atoms with Crippen LogP contribution in [-0.4, -0.2) is 12.6 Å². The van der Waals surface area contributed by atoms with E-state index in [0.717, 1.165) is 18.9 Å². The Morgan fingerprint density at radius 2 is 2.05 bits per heavy atom. The van der Waals surface area contributed by atoms with Gasteiger partial charge >= 0.3 is 0 Å². The third-order valence-corrected chi connectivity index (χ3v) is 4.62. The van der Waals surface area contributed by atoms with Crippen molar-refractivity contribution < 1.29 is 4.42 Å². The van der Waals surface area contributed by atoms with Crippen LogP contribution in [0, 0.1) is 11.3 Å². The summed E-state index contributed by atoms with van der Waals surface area (Å²) in [5.74, 6) is 0.781. The van der Waals surface area contributed by atoms with Gasteiger partial charge in [0.05, 0.1) is 12.5 Å². The molecule has 0 saturated heterocycles. The zero-order valence-electron chi connectivity index (χ0n) is 12.7. The van der Waals surface area contributed by atoms with Crippen LogP contribution >= 0.6 is 0 Å². The summed E-state index contributed by atoms with van der Waals surface area (Å²) in [6.07, 6.45) is 11.7. The van der Waals surface area contributed by atoms with Gasteiger partial charge in [0.2, 0.25) is 0 Å². The highest BCUT2D eigenvalue weighted by atomic mass is 16.3. The largest absolute Gasteiger partial charge is 0.472 e. The molecule has 19 heavy (non-hydrogen) atoms. The molecule has 108 valence electrons. The predicted octanol–water partition coefficient (Wildman–Crippen LogP) is 4.41. The van der Waals surface area contributed by atoms with E-state index in [9.17, 15) is 0 Å². The van der Waals surface area contributed by atoms with Crippen molar-refractivity contribution in [3.8, 4) is 0 Å². The molecule has 2 nitrogen and oxygen atoms in total. The summed E-state index contributed by atoms with van der Waals surface area (Å²) >= 11 is 0. The summed E-state index contributed by atoms with van der Waals surface area (Å²) in [6, 6.07) is 2.71. The van der Waals surface area contributed by atoms with E-state index in [1.807, 2.05) is 6.26 Å². The number of likely N-dealkylation sites (N-methyl/N-ethyl adjacent to an activating group) is 1. The molecular weight excluding hydrogens is 234 g/mol. The zero-order valence-corrected chi connectivity index (χ0v) is 12.7. The van der Waals surface area contributed by atoms with Crippen LogP contribution in [0.5, 0.6) is 0 Å². The molecule has 0 bridgehead atoms. The van der Waals surface area contributed by atoms with Gasteiger partial charge in [0.25, 0.3) is 0 Å². The van der Waals surface area contributed by atoms with E-state index in [2.05, 4.69) is 32.2 Å². The minimum atomic E-state index is 0.501. The molecule has 1 aliphatic rings. The van der Waals surface area contributed by atoms with Crippen molar-refractivity contribution in [1.82, 2.24) is 5.32 Å². The van der Waals surface area contributed by atoms with E-state index in [4.69, 9.17) is 4.42 Å². The second-order valence-corrected chi connectivity index (χ2v) is 6.61. The van der Waals surface area contributed by atoms with Gasteiger partial charge in [0, 0.05) is 6.04 Å². The van der Waals surface area contributed by atoms with Crippen molar-refractivity contribution in [2.75, 3.05) is 6.54 Å². The molecule has 1 atom stereocenters. The minimum Gasteiger partial charge on any atom is -0.472 e. The predicted molar refractivity (Wildman–Crippen MR) is 80.2 cm³/mol. The maximum absolute atomic E-state index is 5.24. The molecule has 0 aliphatic heterocycles. The Balaban J connectivity index is 2.13. The van der Waals surface area contributed by atoms with Crippen LogP contribution < -0.4 is 5.32 Å². The first-order chi connectivity index (χ1) is 9.16.